The highest BCUT2D eigenvalue weighted by Gasteiger charge is 2.27. The molecule has 3 amide bonds. The number of benzene rings is 3. The van der Waals surface area contributed by atoms with E-state index in [0.29, 0.717) is 34.1 Å². The topological polar surface area (TPSA) is 97.0 Å². The molecule has 1 aliphatic rings. The van der Waals surface area contributed by atoms with Crippen LogP contribution in [0.3, 0.4) is 0 Å². The lowest BCUT2D eigenvalue weighted by Crippen LogP contribution is -2.42. The van der Waals surface area contributed by atoms with Gasteiger partial charge in [0, 0.05) is 11.3 Å². The summed E-state index contributed by atoms with van der Waals surface area (Å²) in [5, 5.41) is 5.54. The fourth-order valence-corrected chi connectivity index (χ4v) is 3.42. The van der Waals surface area contributed by atoms with Crippen LogP contribution in [-0.2, 0) is 9.59 Å². The number of amides is 3. The summed E-state index contributed by atoms with van der Waals surface area (Å²) in [6.45, 7) is 1.59. The zero-order valence-corrected chi connectivity index (χ0v) is 18.2. The first kappa shape index (κ1) is 21.9. The third kappa shape index (κ3) is 4.95. The van der Waals surface area contributed by atoms with Gasteiger partial charge in [0.2, 0.25) is 5.91 Å². The molecule has 1 atom stereocenters. The summed E-state index contributed by atoms with van der Waals surface area (Å²) in [6, 6.07) is 20.6. The Labute approximate surface area is 191 Å². The van der Waals surface area contributed by atoms with E-state index in [4.69, 9.17) is 9.47 Å². The van der Waals surface area contributed by atoms with Crippen LogP contribution in [0.1, 0.15) is 17.3 Å². The van der Waals surface area contributed by atoms with Crippen molar-refractivity contribution in [1.82, 2.24) is 0 Å². The van der Waals surface area contributed by atoms with Crippen molar-refractivity contribution in [3.63, 3.8) is 0 Å². The summed E-state index contributed by atoms with van der Waals surface area (Å²) in [4.78, 5) is 39.0. The highest BCUT2D eigenvalue weighted by molar-refractivity contribution is 6.15. The minimum atomic E-state index is -0.733. The van der Waals surface area contributed by atoms with Crippen LogP contribution >= 0.6 is 0 Å². The normalized spacial score (nSPS) is 13.4. The first-order chi connectivity index (χ1) is 15.9. The molecule has 8 nitrogen and oxygen atoms in total. The minimum Gasteiger partial charge on any atom is -0.497 e. The zero-order valence-electron chi connectivity index (χ0n) is 18.2. The van der Waals surface area contributed by atoms with E-state index in [-0.39, 0.29) is 24.3 Å². The maximum absolute atomic E-state index is 13.0. The van der Waals surface area contributed by atoms with Crippen molar-refractivity contribution < 1.29 is 23.9 Å². The predicted molar refractivity (Wildman–Crippen MR) is 125 cm³/mol. The molecule has 1 unspecified atom stereocenters. The van der Waals surface area contributed by atoms with Crippen LogP contribution < -0.4 is 25.0 Å². The van der Waals surface area contributed by atoms with Crippen molar-refractivity contribution in [3.8, 4) is 11.5 Å². The van der Waals surface area contributed by atoms with E-state index in [1.165, 1.54) is 4.90 Å². The van der Waals surface area contributed by atoms with Gasteiger partial charge in [-0.3, -0.25) is 19.3 Å². The number of nitrogens with zero attached hydrogens (tertiary/aromatic N) is 1. The summed E-state index contributed by atoms with van der Waals surface area (Å²) in [5.74, 6) is 0.364. The fourth-order valence-electron chi connectivity index (χ4n) is 3.42. The van der Waals surface area contributed by atoms with Gasteiger partial charge >= 0.3 is 0 Å². The van der Waals surface area contributed by atoms with Crippen LogP contribution in [0.25, 0.3) is 0 Å². The van der Waals surface area contributed by atoms with Crippen molar-refractivity contribution in [3.05, 3.63) is 78.4 Å². The van der Waals surface area contributed by atoms with E-state index in [0.717, 1.165) is 0 Å². The van der Waals surface area contributed by atoms with E-state index in [1.807, 2.05) is 6.07 Å². The highest BCUT2D eigenvalue weighted by Crippen LogP contribution is 2.30. The van der Waals surface area contributed by atoms with Crippen LogP contribution in [-0.4, -0.2) is 37.5 Å². The quantitative estimate of drug-likeness (QED) is 0.603. The molecule has 3 aromatic rings. The molecule has 3 aromatic carbocycles. The second-order valence-corrected chi connectivity index (χ2v) is 7.46. The Morgan fingerprint density at radius 3 is 2.33 bits per heavy atom. The third-order valence-corrected chi connectivity index (χ3v) is 5.16. The molecule has 0 radical (unpaired) electrons. The number of carbonyl (C=O) groups excluding carboxylic acids is 3. The highest BCUT2D eigenvalue weighted by atomic mass is 16.5. The largest absolute Gasteiger partial charge is 0.497 e. The van der Waals surface area contributed by atoms with E-state index >= 15 is 0 Å². The second-order valence-electron chi connectivity index (χ2n) is 7.46. The lowest BCUT2D eigenvalue weighted by atomic mass is 10.1. The van der Waals surface area contributed by atoms with Gasteiger partial charge in [-0.1, -0.05) is 12.1 Å². The third-order valence-electron chi connectivity index (χ3n) is 5.16. The average molecular weight is 445 g/mol. The lowest BCUT2D eigenvalue weighted by Gasteiger charge is -2.29. The van der Waals surface area contributed by atoms with Gasteiger partial charge in [0.05, 0.1) is 18.5 Å². The molecule has 8 heteroatoms. The summed E-state index contributed by atoms with van der Waals surface area (Å²) in [5.41, 5.74) is 2.17. The van der Waals surface area contributed by atoms with E-state index in [9.17, 15) is 14.4 Å². The molecule has 1 heterocycles. The Kier molecular flexibility index (Phi) is 6.26. The smallest absolute Gasteiger partial charge is 0.265 e. The predicted octanol–water partition coefficient (Wildman–Crippen LogP) is 3.70. The van der Waals surface area contributed by atoms with Gasteiger partial charge in [-0.25, -0.2) is 0 Å². The van der Waals surface area contributed by atoms with E-state index < -0.39 is 6.10 Å². The van der Waals surface area contributed by atoms with Crippen molar-refractivity contribution in [1.29, 1.82) is 0 Å². The monoisotopic (exact) mass is 445 g/mol. The van der Waals surface area contributed by atoms with Crippen LogP contribution in [0.2, 0.25) is 0 Å². The van der Waals surface area contributed by atoms with Gasteiger partial charge in [0.15, 0.2) is 6.10 Å². The number of hydrogen-bond acceptors (Lipinski definition) is 5. The molecular weight excluding hydrogens is 422 g/mol. The Hall–Kier alpha value is -4.33. The van der Waals surface area contributed by atoms with Gasteiger partial charge < -0.3 is 20.1 Å². The summed E-state index contributed by atoms with van der Waals surface area (Å²) >= 11 is 0. The molecule has 33 heavy (non-hydrogen) atoms. The van der Waals surface area contributed by atoms with E-state index in [2.05, 4.69) is 10.6 Å². The molecule has 1 aliphatic heterocycles. The number of carbonyl (C=O) groups is 3. The van der Waals surface area contributed by atoms with Gasteiger partial charge in [-0.15, -0.1) is 0 Å². The first-order valence-electron chi connectivity index (χ1n) is 10.4. The number of fused-ring (bicyclic) bond motifs is 1. The first-order valence-corrected chi connectivity index (χ1v) is 10.4. The Morgan fingerprint density at radius 1 is 0.970 bits per heavy atom. The maximum atomic E-state index is 13.0. The van der Waals surface area contributed by atoms with Crippen molar-refractivity contribution >= 4 is 34.8 Å². The van der Waals surface area contributed by atoms with Crippen LogP contribution in [0.4, 0.5) is 17.1 Å². The molecule has 0 spiro atoms. The van der Waals surface area contributed by atoms with Crippen LogP contribution in [0.15, 0.2) is 72.8 Å². The standard InChI is InChI=1S/C25H23N3O5/c1-16(33-20-13-11-19(32-2)12-14-20)24(30)26-18-9-7-17(8-10-18)25(31)28-15-23(29)27-21-5-3-4-6-22(21)28/h3-14,16H,15H2,1-2H3,(H,26,30)(H,27,29). The van der Waals surface area contributed by atoms with Gasteiger partial charge in [0.1, 0.15) is 18.0 Å². The Balaban J connectivity index is 1.40. The number of anilines is 3. The van der Waals surface area contributed by atoms with Crippen LogP contribution in [0, 0.1) is 0 Å². The van der Waals surface area contributed by atoms with Gasteiger partial charge in [0.25, 0.3) is 11.8 Å². The number of ether oxygens (including phenoxy) is 2. The number of para-hydroxylation sites is 2. The zero-order chi connectivity index (χ0) is 23.4. The Morgan fingerprint density at radius 2 is 1.64 bits per heavy atom. The SMILES string of the molecule is COc1ccc(OC(C)C(=O)Nc2ccc(C(=O)N3CC(=O)Nc4ccccc43)cc2)cc1. The van der Waals surface area contributed by atoms with Gasteiger partial charge in [-0.05, 0) is 67.6 Å². The maximum Gasteiger partial charge on any atom is 0.265 e. The Bertz CT molecular complexity index is 1180. The molecule has 0 saturated carbocycles. The summed E-state index contributed by atoms with van der Waals surface area (Å²) < 4.78 is 10.8. The molecule has 0 saturated heterocycles. The van der Waals surface area contributed by atoms with Crippen molar-refractivity contribution in [2.75, 3.05) is 29.2 Å². The van der Waals surface area contributed by atoms with Crippen LogP contribution in [0.5, 0.6) is 11.5 Å². The lowest BCUT2D eigenvalue weighted by molar-refractivity contribution is -0.122. The minimum absolute atomic E-state index is 0.0610. The summed E-state index contributed by atoms with van der Waals surface area (Å²) in [7, 11) is 1.58. The number of methoxy groups -OCH3 is 1. The molecule has 0 bridgehead atoms. The summed E-state index contributed by atoms with van der Waals surface area (Å²) in [6.07, 6.45) is -0.733. The molecule has 4 rings (SSSR count). The average Bonchev–Trinajstić information content (AvgIpc) is 2.84. The number of hydrogen-bond donors (Lipinski definition) is 2. The molecule has 168 valence electrons. The number of rotatable bonds is 6. The fraction of sp³-hybridized carbons (Fsp3) is 0.160. The van der Waals surface area contributed by atoms with E-state index in [1.54, 1.807) is 80.8 Å². The molecular formula is C25H23N3O5. The molecule has 0 aliphatic carbocycles. The number of nitrogens with one attached hydrogen (secondary N) is 2. The van der Waals surface area contributed by atoms with Gasteiger partial charge in [-0.2, -0.15) is 0 Å². The second kappa shape index (κ2) is 9.44. The van der Waals surface area contributed by atoms with Crippen molar-refractivity contribution in [2.45, 2.75) is 13.0 Å². The molecule has 2 N–H and O–H groups in total. The van der Waals surface area contributed by atoms with Crippen molar-refractivity contribution in [2.24, 2.45) is 0 Å². The molecule has 0 aromatic heterocycles. The molecule has 0 fully saturated rings.